The zero-order valence-electron chi connectivity index (χ0n) is 23.4. The summed E-state index contributed by atoms with van der Waals surface area (Å²) in [5, 5.41) is 10.1. The number of allylic oxidation sites excluding steroid dienone is 2. The minimum absolute atomic E-state index is 0.0434. The van der Waals surface area contributed by atoms with Crippen molar-refractivity contribution < 1.29 is 29.0 Å². The highest BCUT2D eigenvalue weighted by Gasteiger charge is 2.27. The van der Waals surface area contributed by atoms with Gasteiger partial charge in [-0.1, -0.05) is 69.2 Å². The molecule has 1 N–H and O–H groups in total. The van der Waals surface area contributed by atoms with E-state index >= 15 is 0 Å². The molecule has 0 radical (unpaired) electrons. The first kappa shape index (κ1) is 33.4. The van der Waals surface area contributed by atoms with E-state index in [0.29, 0.717) is 36.4 Å². The fourth-order valence-electron chi connectivity index (χ4n) is 4.00. The molecule has 1 rings (SSSR count). The Morgan fingerprint density at radius 1 is 1.18 bits per heavy atom. The number of aliphatic hydroxyl groups is 1. The molecule has 0 bridgehead atoms. The predicted octanol–water partition coefficient (Wildman–Crippen LogP) is 5.23. The van der Waals surface area contributed by atoms with Crippen LogP contribution in [0.4, 0.5) is 0 Å². The molecule has 0 aromatic heterocycles. The topological polar surface area (TPSA) is 96.4 Å². The minimum atomic E-state index is -0.516. The summed E-state index contributed by atoms with van der Waals surface area (Å²) in [7, 11) is 4.57. The van der Waals surface area contributed by atoms with Gasteiger partial charge in [-0.2, -0.15) is 0 Å². The van der Waals surface area contributed by atoms with Crippen molar-refractivity contribution in [1.29, 1.82) is 0 Å². The number of likely N-dealkylation sites (N-methyl/N-ethyl adjacent to an activating group) is 1. The third-order valence-corrected chi connectivity index (χ3v) is 6.66. The molecule has 0 spiro atoms. The molecule has 0 saturated carbocycles. The maximum absolute atomic E-state index is 12.6. The summed E-state index contributed by atoms with van der Waals surface area (Å²) >= 11 is 5.99. The molecule has 0 aliphatic carbocycles. The zero-order chi connectivity index (χ0) is 28.3. The Morgan fingerprint density at radius 2 is 1.89 bits per heavy atom. The number of carbonyl (C=O) groups is 3. The number of rotatable bonds is 19. The lowest BCUT2D eigenvalue weighted by Crippen LogP contribution is -2.32. The van der Waals surface area contributed by atoms with E-state index in [1.165, 1.54) is 64.0 Å². The standard InChI is InChI=1S/C29H45ClN2O6/c1-5-6-7-8-9-11-14-24(33)15-12-10-13-16-27(34)31(2)21-23(20-30)17-25(37-3)18-28(35)32-22-26(38-4)19-29(32)36/h10,12,18-20,24,33H,5-9,11,13-17,21-22H2,1-4H3/b12-10+,23-20-,25-18+. The molecular weight excluding hydrogens is 508 g/mol. The average molecular weight is 553 g/mol. The van der Waals surface area contributed by atoms with Gasteiger partial charge in [0.1, 0.15) is 11.5 Å². The summed E-state index contributed by atoms with van der Waals surface area (Å²) in [4.78, 5) is 39.7. The Bertz CT molecular complexity index is 880. The lowest BCUT2D eigenvalue weighted by atomic mass is 10.1. The summed E-state index contributed by atoms with van der Waals surface area (Å²) in [6.07, 6.45) is 15.9. The van der Waals surface area contributed by atoms with Crippen molar-refractivity contribution in [2.45, 2.75) is 83.7 Å². The van der Waals surface area contributed by atoms with Crippen LogP contribution < -0.4 is 0 Å². The van der Waals surface area contributed by atoms with Gasteiger partial charge in [-0.05, 0) is 24.8 Å². The normalized spacial score (nSPS) is 15.2. The molecule has 0 aromatic carbocycles. The van der Waals surface area contributed by atoms with E-state index in [0.717, 1.165) is 17.7 Å². The maximum atomic E-state index is 12.6. The van der Waals surface area contributed by atoms with E-state index in [9.17, 15) is 19.5 Å². The minimum Gasteiger partial charge on any atom is -0.501 e. The van der Waals surface area contributed by atoms with Crippen molar-refractivity contribution in [3.8, 4) is 0 Å². The number of nitrogens with zero attached hydrogens (tertiary/aromatic N) is 2. The largest absolute Gasteiger partial charge is 0.501 e. The summed E-state index contributed by atoms with van der Waals surface area (Å²) < 4.78 is 10.4. The number of unbranched alkanes of at least 4 members (excludes halogenated alkanes) is 5. The second-order valence-corrected chi connectivity index (χ2v) is 9.76. The van der Waals surface area contributed by atoms with Crippen molar-refractivity contribution in [1.82, 2.24) is 9.80 Å². The summed E-state index contributed by atoms with van der Waals surface area (Å²) in [5.41, 5.74) is 2.05. The third-order valence-electron chi connectivity index (χ3n) is 6.35. The van der Waals surface area contributed by atoms with Gasteiger partial charge in [0.05, 0.1) is 26.9 Å². The number of amides is 3. The number of ether oxygens (including phenoxy) is 2. The zero-order valence-corrected chi connectivity index (χ0v) is 24.2. The van der Waals surface area contributed by atoms with Crippen LogP contribution in [0.3, 0.4) is 0 Å². The molecule has 0 saturated heterocycles. The average Bonchev–Trinajstić information content (AvgIpc) is 3.29. The lowest BCUT2D eigenvalue weighted by molar-refractivity contribution is -0.137. The monoisotopic (exact) mass is 552 g/mol. The van der Waals surface area contributed by atoms with Crippen molar-refractivity contribution in [3.05, 3.63) is 46.9 Å². The van der Waals surface area contributed by atoms with Crippen molar-refractivity contribution in [2.75, 3.05) is 34.4 Å². The van der Waals surface area contributed by atoms with Crippen molar-refractivity contribution in [2.24, 2.45) is 0 Å². The number of methoxy groups -OCH3 is 2. The maximum Gasteiger partial charge on any atom is 0.257 e. The van der Waals surface area contributed by atoms with Crippen molar-refractivity contribution >= 4 is 29.3 Å². The van der Waals surface area contributed by atoms with E-state index in [-0.39, 0.29) is 31.5 Å². The predicted molar refractivity (Wildman–Crippen MR) is 150 cm³/mol. The summed E-state index contributed by atoms with van der Waals surface area (Å²) in [6, 6.07) is 0. The number of halogens is 1. The van der Waals surface area contributed by atoms with Gasteiger partial charge in [0.2, 0.25) is 5.91 Å². The van der Waals surface area contributed by atoms with Crippen LogP contribution in [0.5, 0.6) is 0 Å². The lowest BCUT2D eigenvalue weighted by Gasteiger charge is -2.19. The Kier molecular flexibility index (Phi) is 17.1. The van der Waals surface area contributed by atoms with E-state index in [2.05, 4.69) is 6.92 Å². The molecule has 8 nitrogen and oxygen atoms in total. The highest BCUT2D eigenvalue weighted by atomic mass is 35.5. The van der Waals surface area contributed by atoms with Crippen LogP contribution in [0.2, 0.25) is 0 Å². The SMILES string of the molecule is CCCCCCCCC(O)C/C=C/CCC(=O)N(C)C/C(=C\Cl)C/C(=C\C(=O)N1CC(OC)=CC1=O)OC. The molecule has 1 atom stereocenters. The molecule has 0 fully saturated rings. The Balaban J connectivity index is 2.41. The van der Waals surface area contributed by atoms with E-state index in [4.69, 9.17) is 21.1 Å². The van der Waals surface area contributed by atoms with Crippen LogP contribution in [0.15, 0.2) is 46.9 Å². The van der Waals surface area contributed by atoms with Crippen LogP contribution in [0.1, 0.15) is 77.6 Å². The van der Waals surface area contributed by atoms with Gasteiger partial charge in [0.25, 0.3) is 11.8 Å². The van der Waals surface area contributed by atoms with Gasteiger partial charge in [-0.3, -0.25) is 19.3 Å². The summed E-state index contributed by atoms with van der Waals surface area (Å²) in [6.45, 7) is 2.55. The summed E-state index contributed by atoms with van der Waals surface area (Å²) in [5.74, 6) is -0.269. The number of carbonyl (C=O) groups excluding carboxylic acids is 3. The van der Waals surface area contributed by atoms with Gasteiger partial charge in [-0.15, -0.1) is 0 Å². The van der Waals surface area contributed by atoms with E-state index < -0.39 is 11.8 Å². The van der Waals surface area contributed by atoms with Crippen LogP contribution in [0.25, 0.3) is 0 Å². The molecule has 0 aromatic rings. The number of hydrogen-bond acceptors (Lipinski definition) is 6. The van der Waals surface area contributed by atoms with E-state index in [1.807, 2.05) is 12.2 Å². The molecule has 1 aliphatic heterocycles. The smallest absolute Gasteiger partial charge is 0.257 e. The van der Waals surface area contributed by atoms with Gasteiger partial charge in [0.15, 0.2) is 0 Å². The highest BCUT2D eigenvalue weighted by molar-refractivity contribution is 6.25. The molecule has 1 heterocycles. The van der Waals surface area contributed by atoms with Gasteiger partial charge < -0.3 is 19.5 Å². The highest BCUT2D eigenvalue weighted by Crippen LogP contribution is 2.18. The molecular formula is C29H45ClN2O6. The number of aliphatic hydroxyl groups excluding tert-OH is 1. The van der Waals surface area contributed by atoms with Gasteiger partial charge >= 0.3 is 0 Å². The first-order chi connectivity index (χ1) is 18.2. The molecule has 1 aliphatic rings. The van der Waals surface area contributed by atoms with Crippen molar-refractivity contribution in [3.63, 3.8) is 0 Å². The number of hydrogen-bond donors (Lipinski definition) is 1. The second kappa shape index (κ2) is 19.5. The Hall–Kier alpha value is -2.58. The van der Waals surface area contributed by atoms with Crippen LogP contribution in [0, 0.1) is 0 Å². The van der Waals surface area contributed by atoms with Crippen LogP contribution in [-0.4, -0.2) is 73.1 Å². The van der Waals surface area contributed by atoms with Gasteiger partial charge in [0, 0.05) is 44.1 Å². The second-order valence-electron chi connectivity index (χ2n) is 9.54. The molecule has 3 amide bonds. The fourth-order valence-corrected chi connectivity index (χ4v) is 4.14. The Labute approximate surface area is 233 Å². The fraction of sp³-hybridized carbons (Fsp3) is 0.621. The molecule has 9 heteroatoms. The first-order valence-electron chi connectivity index (χ1n) is 13.4. The van der Waals surface area contributed by atoms with E-state index in [1.54, 1.807) is 11.9 Å². The Morgan fingerprint density at radius 3 is 2.53 bits per heavy atom. The van der Waals surface area contributed by atoms with Gasteiger partial charge in [-0.25, -0.2) is 0 Å². The third kappa shape index (κ3) is 13.3. The molecule has 38 heavy (non-hydrogen) atoms. The molecule has 1 unspecified atom stereocenters. The number of imide groups is 1. The van der Waals surface area contributed by atoms with Crippen LogP contribution >= 0.6 is 11.6 Å². The first-order valence-corrected chi connectivity index (χ1v) is 13.9. The molecule has 214 valence electrons. The van der Waals surface area contributed by atoms with Crippen LogP contribution in [-0.2, 0) is 23.9 Å². The quantitative estimate of drug-likeness (QED) is 0.102.